The normalized spacial score (nSPS) is 10.7. The Balaban J connectivity index is 1.74. The molecule has 0 saturated carbocycles. The predicted molar refractivity (Wildman–Crippen MR) is 108 cm³/mol. The van der Waals surface area contributed by atoms with E-state index in [0.29, 0.717) is 16.7 Å². The van der Waals surface area contributed by atoms with E-state index in [9.17, 15) is 25.0 Å². The van der Waals surface area contributed by atoms with Crippen LogP contribution in [0.25, 0.3) is 16.7 Å². The second kappa shape index (κ2) is 7.63. The highest BCUT2D eigenvalue weighted by molar-refractivity contribution is 5.93. The summed E-state index contributed by atoms with van der Waals surface area (Å²) in [5.74, 6) is -0.904. The average Bonchev–Trinajstić information content (AvgIpc) is 3.18. The number of nitrogens with zero attached hydrogens (tertiary/aromatic N) is 5. The Morgan fingerprint density at radius 3 is 2.03 bits per heavy atom. The van der Waals surface area contributed by atoms with E-state index < -0.39 is 27.2 Å². The van der Waals surface area contributed by atoms with Gasteiger partial charge >= 0.3 is 5.97 Å². The predicted octanol–water partition coefficient (Wildman–Crippen LogP) is 3.76. The lowest BCUT2D eigenvalue weighted by Gasteiger charge is -2.10. The van der Waals surface area contributed by atoms with Gasteiger partial charge in [-0.3, -0.25) is 20.2 Å². The van der Waals surface area contributed by atoms with E-state index in [4.69, 9.17) is 4.74 Å². The summed E-state index contributed by atoms with van der Waals surface area (Å²) in [4.78, 5) is 34.5. The average molecular weight is 419 g/mol. The van der Waals surface area contributed by atoms with E-state index in [-0.39, 0.29) is 11.3 Å². The van der Waals surface area contributed by atoms with Gasteiger partial charge in [0.15, 0.2) is 5.75 Å². The second-order valence-electron chi connectivity index (χ2n) is 6.59. The molecule has 0 fully saturated rings. The maximum atomic E-state index is 12.7. The fourth-order valence-electron chi connectivity index (χ4n) is 2.92. The number of esters is 1. The minimum Gasteiger partial charge on any atom is -0.421 e. The molecule has 154 valence electrons. The summed E-state index contributed by atoms with van der Waals surface area (Å²) in [6.07, 6.45) is 0. The van der Waals surface area contributed by atoms with Crippen molar-refractivity contribution in [3.8, 4) is 11.4 Å². The van der Waals surface area contributed by atoms with Crippen molar-refractivity contribution in [1.82, 2.24) is 15.0 Å². The molecule has 0 radical (unpaired) electrons. The third-order valence-corrected chi connectivity index (χ3v) is 4.38. The van der Waals surface area contributed by atoms with E-state index >= 15 is 0 Å². The van der Waals surface area contributed by atoms with Crippen LogP contribution in [-0.2, 0) is 0 Å². The summed E-state index contributed by atoms with van der Waals surface area (Å²) in [7, 11) is 0. The van der Waals surface area contributed by atoms with Crippen LogP contribution in [0.1, 0.15) is 15.9 Å². The van der Waals surface area contributed by atoms with Gasteiger partial charge in [0, 0.05) is 12.1 Å². The molecule has 0 bridgehead atoms. The van der Waals surface area contributed by atoms with Crippen molar-refractivity contribution in [3.63, 3.8) is 0 Å². The minimum absolute atomic E-state index is 0.0880. The SMILES string of the molecule is Cc1ccc(OC(=O)c2cc([N+](=O)[O-])cc([N+](=O)[O-])c2)c(-n2nc3ccccc3n2)c1. The smallest absolute Gasteiger partial charge is 0.344 e. The first-order valence-corrected chi connectivity index (χ1v) is 8.91. The van der Waals surface area contributed by atoms with Crippen molar-refractivity contribution in [2.24, 2.45) is 0 Å². The molecule has 11 heteroatoms. The summed E-state index contributed by atoms with van der Waals surface area (Å²) in [6.45, 7) is 1.84. The van der Waals surface area contributed by atoms with Crippen molar-refractivity contribution in [1.29, 1.82) is 0 Å². The molecule has 0 atom stereocenters. The van der Waals surface area contributed by atoms with Crippen LogP contribution in [0, 0.1) is 27.2 Å². The summed E-state index contributed by atoms with van der Waals surface area (Å²) in [5, 5.41) is 30.9. The first kappa shape index (κ1) is 19.6. The Bertz CT molecular complexity index is 1300. The number of carbonyl (C=O) groups is 1. The number of benzene rings is 3. The molecule has 4 aromatic rings. The van der Waals surface area contributed by atoms with Crippen LogP contribution in [0.15, 0.2) is 60.7 Å². The van der Waals surface area contributed by atoms with Gasteiger partial charge in [0.2, 0.25) is 0 Å². The summed E-state index contributed by atoms with van der Waals surface area (Å²) >= 11 is 0. The maximum Gasteiger partial charge on any atom is 0.344 e. The molecule has 1 aromatic heterocycles. The minimum atomic E-state index is -0.992. The van der Waals surface area contributed by atoms with Crippen LogP contribution in [0.3, 0.4) is 0 Å². The van der Waals surface area contributed by atoms with Gasteiger partial charge in [0.1, 0.15) is 16.7 Å². The maximum absolute atomic E-state index is 12.7. The topological polar surface area (TPSA) is 143 Å². The van der Waals surface area contributed by atoms with Gasteiger partial charge in [0.05, 0.1) is 21.5 Å². The van der Waals surface area contributed by atoms with Gasteiger partial charge in [-0.1, -0.05) is 18.2 Å². The largest absolute Gasteiger partial charge is 0.421 e. The molecule has 0 spiro atoms. The van der Waals surface area contributed by atoms with Gasteiger partial charge < -0.3 is 4.74 Å². The number of rotatable bonds is 5. The molecule has 0 amide bonds. The number of ether oxygens (including phenoxy) is 1. The van der Waals surface area contributed by atoms with E-state index in [1.807, 2.05) is 19.1 Å². The highest BCUT2D eigenvalue weighted by Crippen LogP contribution is 2.27. The zero-order valence-electron chi connectivity index (χ0n) is 16.0. The van der Waals surface area contributed by atoms with Crippen molar-refractivity contribution in [2.75, 3.05) is 0 Å². The third-order valence-electron chi connectivity index (χ3n) is 4.38. The molecule has 3 aromatic carbocycles. The monoisotopic (exact) mass is 419 g/mol. The number of hydrogen-bond acceptors (Lipinski definition) is 8. The fourth-order valence-corrected chi connectivity index (χ4v) is 2.92. The Hall–Kier alpha value is -4.67. The van der Waals surface area contributed by atoms with Crippen molar-refractivity contribution in [3.05, 3.63) is 92.0 Å². The lowest BCUT2D eigenvalue weighted by Crippen LogP contribution is -2.12. The molecule has 0 N–H and O–H groups in total. The van der Waals surface area contributed by atoms with Crippen LogP contribution in [0.5, 0.6) is 5.75 Å². The molecule has 0 saturated heterocycles. The molecular weight excluding hydrogens is 406 g/mol. The molecule has 31 heavy (non-hydrogen) atoms. The van der Waals surface area contributed by atoms with E-state index in [0.717, 1.165) is 23.8 Å². The molecule has 0 aliphatic carbocycles. The molecule has 0 unspecified atom stereocenters. The summed E-state index contributed by atoms with van der Waals surface area (Å²) in [5.41, 5.74) is 0.972. The van der Waals surface area contributed by atoms with Gasteiger partial charge in [0.25, 0.3) is 11.4 Å². The second-order valence-corrected chi connectivity index (χ2v) is 6.59. The number of non-ortho nitro benzene ring substituents is 2. The van der Waals surface area contributed by atoms with Crippen molar-refractivity contribution < 1.29 is 19.4 Å². The van der Waals surface area contributed by atoms with Crippen LogP contribution >= 0.6 is 0 Å². The number of fused-ring (bicyclic) bond motifs is 1. The number of hydrogen-bond donors (Lipinski definition) is 0. The highest BCUT2D eigenvalue weighted by Gasteiger charge is 2.22. The first-order valence-electron chi connectivity index (χ1n) is 8.91. The lowest BCUT2D eigenvalue weighted by atomic mass is 10.1. The standard InChI is InChI=1S/C20H13N5O6/c1-12-6-7-19(18(8-12)23-21-16-4-2-3-5-17(16)22-23)31-20(26)13-9-14(24(27)28)11-15(10-13)25(29)30/h2-11H,1H3. The number of nitro benzene ring substituents is 2. The molecule has 1 heterocycles. The van der Waals surface area contributed by atoms with E-state index in [2.05, 4.69) is 10.2 Å². The zero-order valence-corrected chi connectivity index (χ0v) is 16.0. The molecule has 0 aliphatic heterocycles. The van der Waals surface area contributed by atoms with Crippen LogP contribution < -0.4 is 4.74 Å². The van der Waals surface area contributed by atoms with Gasteiger partial charge in [-0.25, -0.2) is 4.79 Å². The number of nitro groups is 2. The molecule has 0 aliphatic rings. The van der Waals surface area contributed by atoms with Crippen LogP contribution in [0.4, 0.5) is 11.4 Å². The molecule has 4 rings (SSSR count). The third kappa shape index (κ3) is 3.92. The quantitative estimate of drug-likeness (QED) is 0.206. The highest BCUT2D eigenvalue weighted by atomic mass is 16.6. The number of carbonyl (C=O) groups excluding carboxylic acids is 1. The van der Waals surface area contributed by atoms with E-state index in [1.165, 1.54) is 10.9 Å². The first-order chi connectivity index (χ1) is 14.8. The summed E-state index contributed by atoms with van der Waals surface area (Å²) < 4.78 is 5.42. The summed E-state index contributed by atoms with van der Waals surface area (Å²) in [6, 6.07) is 14.7. The fraction of sp³-hybridized carbons (Fsp3) is 0.0500. The molecular formula is C20H13N5O6. The lowest BCUT2D eigenvalue weighted by molar-refractivity contribution is -0.394. The van der Waals surface area contributed by atoms with Crippen LogP contribution in [-0.4, -0.2) is 30.8 Å². The Kier molecular flexibility index (Phi) is 4.83. The Labute approximate surface area is 173 Å². The number of aromatic nitrogens is 3. The molecule has 11 nitrogen and oxygen atoms in total. The van der Waals surface area contributed by atoms with E-state index in [1.54, 1.807) is 24.3 Å². The zero-order chi connectivity index (χ0) is 22.1. The Morgan fingerprint density at radius 1 is 0.903 bits per heavy atom. The number of aryl methyl sites for hydroxylation is 1. The van der Waals surface area contributed by atoms with Gasteiger partial charge in [-0.05, 0) is 36.8 Å². The van der Waals surface area contributed by atoms with Crippen molar-refractivity contribution in [2.45, 2.75) is 6.92 Å². The van der Waals surface area contributed by atoms with Crippen molar-refractivity contribution >= 4 is 28.4 Å². The Morgan fingerprint density at radius 2 is 1.48 bits per heavy atom. The van der Waals surface area contributed by atoms with Gasteiger partial charge in [-0.15, -0.1) is 15.0 Å². The van der Waals surface area contributed by atoms with Crippen LogP contribution in [0.2, 0.25) is 0 Å². The van der Waals surface area contributed by atoms with Gasteiger partial charge in [-0.2, -0.15) is 0 Å².